The van der Waals surface area contributed by atoms with Crippen molar-refractivity contribution in [2.75, 3.05) is 10.6 Å². The minimum absolute atomic E-state index is 0.0407. The molecule has 2 rings (SSSR count). The van der Waals surface area contributed by atoms with Gasteiger partial charge in [0.05, 0.1) is 6.20 Å². The second-order valence-electron chi connectivity index (χ2n) is 5.31. The molecule has 0 spiro atoms. The molecule has 2 aromatic rings. The summed E-state index contributed by atoms with van der Waals surface area (Å²) in [6.07, 6.45) is 1.58. The van der Waals surface area contributed by atoms with Gasteiger partial charge in [-0.3, -0.25) is 9.88 Å². The van der Waals surface area contributed by atoms with Gasteiger partial charge in [0, 0.05) is 12.2 Å². The molecule has 0 fully saturated rings. The van der Waals surface area contributed by atoms with E-state index in [2.05, 4.69) is 25.1 Å². The van der Waals surface area contributed by atoms with Gasteiger partial charge in [-0.1, -0.05) is 13.3 Å². The van der Waals surface area contributed by atoms with Crippen LogP contribution in [0.5, 0.6) is 11.8 Å². The highest BCUT2D eigenvalue weighted by atomic mass is 19.3. The fourth-order valence-corrected chi connectivity index (χ4v) is 2.11. The molecule has 27 heavy (non-hydrogen) atoms. The molecule has 1 aromatic heterocycles. The van der Waals surface area contributed by atoms with E-state index in [0.717, 1.165) is 12.8 Å². The van der Waals surface area contributed by atoms with Gasteiger partial charge in [-0.15, -0.1) is 0 Å². The van der Waals surface area contributed by atoms with Gasteiger partial charge in [0.2, 0.25) is 0 Å². The average Bonchev–Trinajstić information content (AvgIpc) is 2.94. The monoisotopic (exact) mass is 384 g/mol. The van der Waals surface area contributed by atoms with Gasteiger partial charge in [-0.2, -0.15) is 13.8 Å². The van der Waals surface area contributed by atoms with Crippen LogP contribution in [0.4, 0.5) is 29.9 Å². The summed E-state index contributed by atoms with van der Waals surface area (Å²) in [5.41, 5.74) is 0.335. The highest BCUT2D eigenvalue weighted by molar-refractivity contribution is 5.99. The molecular formula is C16H18F2N4O5. The van der Waals surface area contributed by atoms with Crippen LogP contribution in [0, 0.1) is 0 Å². The molecular weight excluding hydrogens is 366 g/mol. The minimum atomic E-state index is -2.93. The van der Waals surface area contributed by atoms with Crippen LogP contribution in [0.1, 0.15) is 19.8 Å². The second kappa shape index (κ2) is 9.36. The van der Waals surface area contributed by atoms with Crippen LogP contribution in [0.15, 0.2) is 30.5 Å². The number of aromatic nitrogens is 2. The Morgan fingerprint density at radius 3 is 2.56 bits per heavy atom. The number of halogens is 2. The van der Waals surface area contributed by atoms with Crippen molar-refractivity contribution in [1.29, 1.82) is 0 Å². The van der Waals surface area contributed by atoms with E-state index in [1.807, 2.05) is 6.92 Å². The number of hydrogen-bond donors (Lipinski definition) is 3. The summed E-state index contributed by atoms with van der Waals surface area (Å²) in [6.45, 7) is -0.489. The highest BCUT2D eigenvalue weighted by Gasteiger charge is 2.14. The number of benzene rings is 1. The first-order valence-corrected chi connectivity index (χ1v) is 7.98. The third-order valence-electron chi connectivity index (χ3n) is 3.25. The summed E-state index contributed by atoms with van der Waals surface area (Å²) in [7, 11) is 0. The second-order valence-corrected chi connectivity index (χ2v) is 5.31. The largest absolute Gasteiger partial charge is 0.513 e. The summed E-state index contributed by atoms with van der Waals surface area (Å²) in [4.78, 5) is 26.7. The Kier molecular flexibility index (Phi) is 6.92. The number of carbonyl (C=O) groups excluding carboxylic acids is 1. The van der Waals surface area contributed by atoms with Gasteiger partial charge >= 0.3 is 24.8 Å². The topological polar surface area (TPSA) is 115 Å². The van der Waals surface area contributed by atoms with E-state index in [4.69, 9.17) is 5.11 Å². The lowest BCUT2D eigenvalue weighted by atomic mass is 10.3. The Labute approximate surface area is 152 Å². The van der Waals surface area contributed by atoms with E-state index in [-0.39, 0.29) is 17.6 Å². The van der Waals surface area contributed by atoms with Crippen molar-refractivity contribution < 1.29 is 33.0 Å². The van der Waals surface area contributed by atoms with Crippen LogP contribution >= 0.6 is 0 Å². The average molecular weight is 384 g/mol. The van der Waals surface area contributed by atoms with Gasteiger partial charge in [0.15, 0.2) is 5.82 Å². The van der Waals surface area contributed by atoms with Crippen LogP contribution in [0.2, 0.25) is 0 Å². The minimum Gasteiger partial charge on any atom is -0.449 e. The Morgan fingerprint density at radius 1 is 1.26 bits per heavy atom. The number of imidazole rings is 1. The zero-order valence-corrected chi connectivity index (χ0v) is 14.3. The van der Waals surface area contributed by atoms with Crippen molar-refractivity contribution in [3.63, 3.8) is 0 Å². The van der Waals surface area contributed by atoms with Gasteiger partial charge in [0.1, 0.15) is 5.75 Å². The first-order chi connectivity index (χ1) is 12.9. The van der Waals surface area contributed by atoms with Gasteiger partial charge < -0.3 is 19.9 Å². The molecule has 3 N–H and O–H groups in total. The number of carbonyl (C=O) groups is 2. The smallest absolute Gasteiger partial charge is 0.449 e. The third kappa shape index (κ3) is 6.45. The maximum Gasteiger partial charge on any atom is 0.513 e. The van der Waals surface area contributed by atoms with Crippen LogP contribution < -0.4 is 20.1 Å². The molecule has 1 aromatic carbocycles. The molecule has 0 saturated heterocycles. The van der Waals surface area contributed by atoms with E-state index in [1.165, 1.54) is 35.0 Å². The number of carboxylic acid groups (broad SMARTS) is 1. The summed E-state index contributed by atoms with van der Waals surface area (Å²) in [5.74, 6) is 0.0543. The maximum absolute atomic E-state index is 12.1. The number of ether oxygens (including phenoxy) is 2. The van der Waals surface area contributed by atoms with E-state index >= 15 is 0 Å². The fourth-order valence-electron chi connectivity index (χ4n) is 2.11. The van der Waals surface area contributed by atoms with Gasteiger partial charge in [-0.05, 0) is 30.7 Å². The standard InChI is InChI=1S/C16H18F2N4O5/c1-2-3-8-22-9-12(21-15(22)27-16(24)25)20-14(23)19-10-4-6-11(7-5-10)26-13(17)18/h4-7,9,13H,2-3,8H2,1H3,(H,24,25)(H2,19,20,23). The third-order valence-corrected chi connectivity index (χ3v) is 3.25. The number of anilines is 2. The summed E-state index contributed by atoms with van der Waals surface area (Å²) in [5, 5.41) is 13.7. The summed E-state index contributed by atoms with van der Waals surface area (Å²) >= 11 is 0. The lowest BCUT2D eigenvalue weighted by Crippen LogP contribution is -2.19. The van der Waals surface area contributed by atoms with Crippen molar-refractivity contribution in [2.45, 2.75) is 32.9 Å². The number of alkyl halides is 2. The maximum atomic E-state index is 12.1. The lowest BCUT2D eigenvalue weighted by molar-refractivity contribution is -0.0498. The van der Waals surface area contributed by atoms with E-state index in [0.29, 0.717) is 12.2 Å². The zero-order chi connectivity index (χ0) is 19.8. The van der Waals surface area contributed by atoms with Gasteiger partial charge in [-0.25, -0.2) is 9.59 Å². The molecule has 1 heterocycles. The first kappa shape index (κ1) is 19.9. The van der Waals surface area contributed by atoms with Crippen molar-refractivity contribution in [2.24, 2.45) is 0 Å². The molecule has 0 aliphatic rings. The predicted octanol–water partition coefficient (Wildman–Crippen LogP) is 3.99. The molecule has 0 aliphatic carbocycles. The van der Waals surface area contributed by atoms with E-state index in [1.54, 1.807) is 0 Å². The summed E-state index contributed by atoms with van der Waals surface area (Å²) in [6, 6.07) is 4.52. The number of nitrogens with zero attached hydrogens (tertiary/aromatic N) is 2. The number of aryl methyl sites for hydroxylation is 1. The number of nitrogens with one attached hydrogen (secondary N) is 2. The van der Waals surface area contributed by atoms with Crippen LogP contribution in [-0.4, -0.2) is 33.5 Å². The van der Waals surface area contributed by atoms with Crippen LogP contribution in [0.25, 0.3) is 0 Å². The highest BCUT2D eigenvalue weighted by Crippen LogP contribution is 2.19. The number of unbranched alkanes of at least 4 members (excludes halogenated alkanes) is 1. The number of urea groups is 1. The van der Waals surface area contributed by atoms with Crippen molar-refractivity contribution >= 4 is 23.7 Å². The quantitative estimate of drug-likeness (QED) is 0.593. The SMILES string of the molecule is CCCCn1cc(NC(=O)Nc2ccc(OC(F)F)cc2)nc1OC(=O)O. The molecule has 11 heteroatoms. The molecule has 0 unspecified atom stereocenters. The molecule has 0 aliphatic heterocycles. The van der Waals surface area contributed by atoms with Crippen molar-refractivity contribution in [3.8, 4) is 11.8 Å². The molecule has 9 nitrogen and oxygen atoms in total. The predicted molar refractivity (Wildman–Crippen MR) is 91.5 cm³/mol. The molecule has 0 bridgehead atoms. The zero-order valence-electron chi connectivity index (χ0n) is 14.3. The molecule has 2 amide bonds. The van der Waals surface area contributed by atoms with Crippen LogP contribution in [0.3, 0.4) is 0 Å². The summed E-state index contributed by atoms with van der Waals surface area (Å²) < 4.78 is 34.5. The Morgan fingerprint density at radius 2 is 1.96 bits per heavy atom. The Bertz CT molecular complexity index is 780. The fraction of sp³-hybridized carbons (Fsp3) is 0.312. The molecule has 0 atom stereocenters. The van der Waals surface area contributed by atoms with E-state index < -0.39 is 18.8 Å². The number of amides is 2. The Hall–Kier alpha value is -3.37. The first-order valence-electron chi connectivity index (χ1n) is 7.98. The molecule has 146 valence electrons. The van der Waals surface area contributed by atoms with Crippen LogP contribution in [-0.2, 0) is 6.54 Å². The molecule has 0 saturated carbocycles. The number of hydrogen-bond acceptors (Lipinski definition) is 5. The van der Waals surface area contributed by atoms with Gasteiger partial charge in [0.25, 0.3) is 0 Å². The van der Waals surface area contributed by atoms with Crippen molar-refractivity contribution in [1.82, 2.24) is 9.55 Å². The van der Waals surface area contributed by atoms with Crippen molar-refractivity contribution in [3.05, 3.63) is 30.5 Å². The normalized spacial score (nSPS) is 10.5. The number of rotatable bonds is 8. The molecule has 0 radical (unpaired) electrons. The lowest BCUT2D eigenvalue weighted by Gasteiger charge is -2.07. The Balaban J connectivity index is 1.99. The van der Waals surface area contributed by atoms with E-state index in [9.17, 15) is 18.4 Å².